The summed E-state index contributed by atoms with van der Waals surface area (Å²) >= 11 is 0. The van der Waals surface area contributed by atoms with Crippen LogP contribution in [0.25, 0.3) is 0 Å². The Bertz CT molecular complexity index is 1500. The van der Waals surface area contributed by atoms with Crippen LogP contribution in [-0.2, 0) is 11.2 Å². The van der Waals surface area contributed by atoms with Crippen molar-refractivity contribution in [3.63, 3.8) is 0 Å². The van der Waals surface area contributed by atoms with Crippen LogP contribution in [0, 0.1) is 11.7 Å². The standard InChI is InChI=1S/C36H37FN2O4/c37-31-15-7-9-17-34(31)39(25-27-10-4-5-11-27)22-23-43-29-20-18-26(19-21-29)24-33(36(41)42)38-32-16-8-6-14-30(32)35(40)28-12-2-1-3-13-28/h1-3,6-9,12-21,27,33,38H,4-5,10-11,22-25H2,(H,41,42). The third kappa shape index (κ3) is 8.01. The van der Waals surface area contributed by atoms with Gasteiger partial charge in [0.1, 0.15) is 24.2 Å². The molecule has 0 heterocycles. The summed E-state index contributed by atoms with van der Waals surface area (Å²) in [6.45, 7) is 1.77. The smallest absolute Gasteiger partial charge is 0.326 e. The lowest BCUT2D eigenvalue weighted by Gasteiger charge is -2.28. The number of halogens is 1. The van der Waals surface area contributed by atoms with Gasteiger partial charge in [-0.25, -0.2) is 9.18 Å². The number of rotatable bonds is 14. The second-order valence-corrected chi connectivity index (χ2v) is 11.0. The largest absolute Gasteiger partial charge is 0.492 e. The minimum atomic E-state index is -1.02. The molecule has 4 aromatic carbocycles. The Balaban J connectivity index is 1.20. The van der Waals surface area contributed by atoms with E-state index in [4.69, 9.17) is 4.74 Å². The number of ether oxygens (including phenoxy) is 1. The molecular weight excluding hydrogens is 543 g/mol. The fraction of sp³-hybridized carbons (Fsp3) is 0.278. The molecule has 1 fully saturated rings. The van der Waals surface area contributed by atoms with Gasteiger partial charge in [-0.1, -0.05) is 79.6 Å². The summed E-state index contributed by atoms with van der Waals surface area (Å²) in [5.41, 5.74) is 2.84. The summed E-state index contributed by atoms with van der Waals surface area (Å²) in [6.07, 6.45) is 5.03. The van der Waals surface area contributed by atoms with Gasteiger partial charge in [-0.15, -0.1) is 0 Å². The van der Waals surface area contributed by atoms with E-state index in [0.717, 1.165) is 12.1 Å². The SMILES string of the molecule is O=C(c1ccccc1)c1ccccc1NC(Cc1ccc(OCCN(CC2CCCC2)c2ccccc2F)cc1)C(=O)O. The first-order valence-corrected chi connectivity index (χ1v) is 14.9. The van der Waals surface area contributed by atoms with Gasteiger partial charge in [-0.2, -0.15) is 0 Å². The molecule has 2 N–H and O–H groups in total. The molecule has 0 saturated heterocycles. The molecular formula is C36H37FN2O4. The van der Waals surface area contributed by atoms with Crippen molar-refractivity contribution in [3.8, 4) is 5.75 Å². The van der Waals surface area contributed by atoms with Crippen molar-refractivity contribution in [3.05, 3.63) is 126 Å². The van der Waals surface area contributed by atoms with Crippen molar-refractivity contribution in [2.75, 3.05) is 29.9 Å². The van der Waals surface area contributed by atoms with Crippen LogP contribution in [0.5, 0.6) is 5.75 Å². The summed E-state index contributed by atoms with van der Waals surface area (Å²) in [7, 11) is 0. The van der Waals surface area contributed by atoms with Gasteiger partial charge in [0.05, 0.1) is 12.2 Å². The van der Waals surface area contributed by atoms with E-state index >= 15 is 0 Å². The monoisotopic (exact) mass is 580 g/mol. The topological polar surface area (TPSA) is 78.9 Å². The molecule has 0 aliphatic heterocycles. The summed E-state index contributed by atoms with van der Waals surface area (Å²) in [5.74, 6) is -0.183. The molecule has 1 saturated carbocycles. The minimum absolute atomic E-state index is 0.175. The maximum absolute atomic E-state index is 14.6. The molecule has 6 nitrogen and oxygen atoms in total. The van der Waals surface area contributed by atoms with Crippen LogP contribution in [0.15, 0.2) is 103 Å². The van der Waals surface area contributed by atoms with Crippen LogP contribution < -0.4 is 15.0 Å². The molecule has 1 atom stereocenters. The number of nitrogens with zero attached hydrogens (tertiary/aromatic N) is 1. The van der Waals surface area contributed by atoms with Crippen LogP contribution in [0.1, 0.15) is 47.2 Å². The maximum Gasteiger partial charge on any atom is 0.326 e. The number of benzene rings is 4. The summed E-state index contributed by atoms with van der Waals surface area (Å²) in [5, 5.41) is 13.0. The molecule has 1 aliphatic rings. The predicted octanol–water partition coefficient (Wildman–Crippen LogP) is 7.24. The van der Waals surface area contributed by atoms with E-state index in [1.807, 2.05) is 42.5 Å². The van der Waals surface area contributed by atoms with Crippen LogP contribution in [0.2, 0.25) is 0 Å². The second-order valence-electron chi connectivity index (χ2n) is 11.0. The second kappa shape index (κ2) is 14.5. The first-order chi connectivity index (χ1) is 21.0. The molecule has 7 heteroatoms. The molecule has 0 bridgehead atoms. The molecule has 0 aromatic heterocycles. The number of hydrogen-bond donors (Lipinski definition) is 2. The van der Waals surface area contributed by atoms with Crippen molar-refractivity contribution >= 4 is 23.1 Å². The highest BCUT2D eigenvalue weighted by Gasteiger charge is 2.22. The summed E-state index contributed by atoms with van der Waals surface area (Å²) < 4.78 is 20.6. The number of carbonyl (C=O) groups excluding carboxylic acids is 1. The third-order valence-electron chi connectivity index (χ3n) is 7.98. The highest BCUT2D eigenvalue weighted by atomic mass is 19.1. The van der Waals surface area contributed by atoms with Gasteiger partial charge >= 0.3 is 5.97 Å². The van der Waals surface area contributed by atoms with E-state index in [1.54, 1.807) is 54.6 Å². The Morgan fingerprint density at radius 1 is 0.884 bits per heavy atom. The minimum Gasteiger partial charge on any atom is -0.492 e. The van der Waals surface area contributed by atoms with Crippen molar-refractivity contribution < 1.29 is 23.8 Å². The highest BCUT2D eigenvalue weighted by Crippen LogP contribution is 2.29. The zero-order chi connectivity index (χ0) is 30.0. The van der Waals surface area contributed by atoms with Crippen LogP contribution in [-0.4, -0.2) is 42.6 Å². The molecule has 1 unspecified atom stereocenters. The van der Waals surface area contributed by atoms with E-state index < -0.39 is 12.0 Å². The number of aliphatic carboxylic acids is 1. The molecule has 4 aromatic rings. The Hall–Kier alpha value is -4.65. The van der Waals surface area contributed by atoms with E-state index in [-0.39, 0.29) is 18.0 Å². The van der Waals surface area contributed by atoms with Crippen LogP contribution >= 0.6 is 0 Å². The molecule has 5 rings (SSSR count). The van der Waals surface area contributed by atoms with Gasteiger partial charge in [0.2, 0.25) is 0 Å². The van der Waals surface area contributed by atoms with Gasteiger partial charge in [0.25, 0.3) is 0 Å². The summed E-state index contributed by atoms with van der Waals surface area (Å²) in [6, 6.07) is 29.2. The average molecular weight is 581 g/mol. The first kappa shape index (κ1) is 29.8. The number of ketones is 1. The molecule has 0 spiro atoms. The van der Waals surface area contributed by atoms with Crippen molar-refractivity contribution in [1.82, 2.24) is 0 Å². The zero-order valence-corrected chi connectivity index (χ0v) is 24.1. The number of carbonyl (C=O) groups is 2. The van der Waals surface area contributed by atoms with Gasteiger partial charge in [-0.05, 0) is 60.7 Å². The van der Waals surface area contributed by atoms with Crippen molar-refractivity contribution in [2.45, 2.75) is 38.1 Å². The van der Waals surface area contributed by atoms with E-state index in [9.17, 15) is 19.1 Å². The van der Waals surface area contributed by atoms with Crippen molar-refractivity contribution in [1.29, 1.82) is 0 Å². The van der Waals surface area contributed by atoms with E-state index in [2.05, 4.69) is 10.2 Å². The Morgan fingerprint density at radius 2 is 1.56 bits per heavy atom. The normalized spacial score (nSPS) is 13.8. The molecule has 0 radical (unpaired) electrons. The highest BCUT2D eigenvalue weighted by molar-refractivity contribution is 6.12. The molecule has 1 aliphatic carbocycles. The fourth-order valence-corrected chi connectivity index (χ4v) is 5.69. The van der Waals surface area contributed by atoms with E-state index in [1.165, 1.54) is 31.7 Å². The van der Waals surface area contributed by atoms with Crippen molar-refractivity contribution in [2.24, 2.45) is 5.92 Å². The lowest BCUT2D eigenvalue weighted by atomic mass is 10.00. The van der Waals surface area contributed by atoms with E-state index in [0.29, 0.717) is 47.3 Å². The lowest BCUT2D eigenvalue weighted by molar-refractivity contribution is -0.137. The quantitative estimate of drug-likeness (QED) is 0.153. The first-order valence-electron chi connectivity index (χ1n) is 14.9. The Kier molecular flexibility index (Phi) is 10.1. The maximum atomic E-state index is 14.6. The van der Waals surface area contributed by atoms with Crippen LogP contribution in [0.4, 0.5) is 15.8 Å². The number of nitrogens with one attached hydrogen (secondary N) is 1. The Morgan fingerprint density at radius 3 is 2.28 bits per heavy atom. The van der Waals surface area contributed by atoms with Gasteiger partial charge < -0.3 is 20.1 Å². The number of anilines is 2. The lowest BCUT2D eigenvalue weighted by Crippen LogP contribution is -2.33. The van der Waals surface area contributed by atoms with Gasteiger partial charge in [0, 0.05) is 29.8 Å². The molecule has 43 heavy (non-hydrogen) atoms. The third-order valence-corrected chi connectivity index (χ3v) is 7.98. The fourth-order valence-electron chi connectivity index (χ4n) is 5.69. The molecule has 222 valence electrons. The predicted molar refractivity (Wildman–Crippen MR) is 168 cm³/mol. The number of hydrogen-bond acceptors (Lipinski definition) is 5. The number of para-hydroxylation sites is 2. The van der Waals surface area contributed by atoms with Crippen LogP contribution in [0.3, 0.4) is 0 Å². The number of carboxylic acids is 1. The average Bonchev–Trinajstić information content (AvgIpc) is 3.55. The summed E-state index contributed by atoms with van der Waals surface area (Å²) in [4.78, 5) is 27.4. The van der Waals surface area contributed by atoms with Gasteiger partial charge in [0.15, 0.2) is 5.78 Å². The molecule has 0 amide bonds. The zero-order valence-electron chi connectivity index (χ0n) is 24.1. The van der Waals surface area contributed by atoms with Gasteiger partial charge in [-0.3, -0.25) is 4.79 Å². The number of carboxylic acid groups (broad SMARTS) is 1. The Labute approximate surface area is 252 Å².